The van der Waals surface area contributed by atoms with Crippen molar-refractivity contribution in [3.63, 3.8) is 0 Å². The van der Waals surface area contributed by atoms with Crippen LogP contribution in [0.4, 0.5) is 0 Å². The SMILES string of the molecule is CCC(C)CC1CC=C(c2ccccc2)CC1. The summed E-state index contributed by atoms with van der Waals surface area (Å²) in [5.41, 5.74) is 2.99. The molecule has 2 unspecified atom stereocenters. The maximum absolute atomic E-state index is 2.48. The minimum atomic E-state index is 0.895. The van der Waals surface area contributed by atoms with Gasteiger partial charge in [0.1, 0.15) is 0 Å². The summed E-state index contributed by atoms with van der Waals surface area (Å²) in [5.74, 6) is 1.82. The molecule has 2 rings (SSSR count). The van der Waals surface area contributed by atoms with Crippen molar-refractivity contribution >= 4 is 5.57 Å². The number of rotatable bonds is 4. The Balaban J connectivity index is 1.94. The molecule has 0 spiro atoms. The van der Waals surface area contributed by atoms with E-state index in [1.807, 2.05) is 0 Å². The lowest BCUT2D eigenvalue weighted by Gasteiger charge is -2.24. The van der Waals surface area contributed by atoms with E-state index in [-0.39, 0.29) is 0 Å². The minimum Gasteiger partial charge on any atom is -0.0804 e. The Morgan fingerprint density at radius 1 is 1.24 bits per heavy atom. The molecule has 1 aromatic rings. The van der Waals surface area contributed by atoms with Crippen LogP contribution < -0.4 is 0 Å². The van der Waals surface area contributed by atoms with E-state index in [1.54, 1.807) is 5.57 Å². The Kier molecular flexibility index (Phi) is 4.42. The zero-order valence-electron chi connectivity index (χ0n) is 11.2. The summed E-state index contributed by atoms with van der Waals surface area (Å²) in [4.78, 5) is 0. The highest BCUT2D eigenvalue weighted by Crippen LogP contribution is 2.33. The van der Waals surface area contributed by atoms with Gasteiger partial charge in [0.15, 0.2) is 0 Å². The van der Waals surface area contributed by atoms with Gasteiger partial charge >= 0.3 is 0 Å². The van der Waals surface area contributed by atoms with E-state index < -0.39 is 0 Å². The quantitative estimate of drug-likeness (QED) is 0.655. The fraction of sp³-hybridized carbons (Fsp3) is 0.529. The van der Waals surface area contributed by atoms with Gasteiger partial charge in [0.25, 0.3) is 0 Å². The first-order valence-electron chi connectivity index (χ1n) is 7.04. The molecule has 0 fully saturated rings. The van der Waals surface area contributed by atoms with Gasteiger partial charge in [-0.1, -0.05) is 56.7 Å². The van der Waals surface area contributed by atoms with Crippen LogP contribution in [0, 0.1) is 11.8 Å². The molecule has 0 saturated heterocycles. The highest BCUT2D eigenvalue weighted by Gasteiger charge is 2.16. The van der Waals surface area contributed by atoms with Crippen LogP contribution in [-0.2, 0) is 0 Å². The van der Waals surface area contributed by atoms with Crippen molar-refractivity contribution in [2.75, 3.05) is 0 Å². The number of benzene rings is 1. The van der Waals surface area contributed by atoms with Gasteiger partial charge in [0, 0.05) is 0 Å². The second-order valence-corrected chi connectivity index (χ2v) is 5.48. The van der Waals surface area contributed by atoms with Gasteiger partial charge in [-0.05, 0) is 48.7 Å². The molecule has 0 heterocycles. The standard InChI is InChI=1S/C17H24/c1-3-14(2)13-15-9-11-17(12-10-15)16-7-5-4-6-8-16/h4-8,11,14-15H,3,9-10,12-13H2,1-2H3. The van der Waals surface area contributed by atoms with Crippen LogP contribution in [0.15, 0.2) is 36.4 Å². The lowest BCUT2D eigenvalue weighted by Crippen LogP contribution is -2.09. The molecule has 17 heavy (non-hydrogen) atoms. The number of hydrogen-bond donors (Lipinski definition) is 0. The molecular weight excluding hydrogens is 204 g/mol. The molecule has 0 aromatic heterocycles. The third-order valence-electron chi connectivity index (χ3n) is 4.10. The highest BCUT2D eigenvalue weighted by molar-refractivity contribution is 5.66. The molecule has 1 aliphatic carbocycles. The van der Waals surface area contributed by atoms with Crippen molar-refractivity contribution in [2.24, 2.45) is 11.8 Å². The van der Waals surface area contributed by atoms with Gasteiger partial charge in [0.05, 0.1) is 0 Å². The summed E-state index contributed by atoms with van der Waals surface area (Å²) in [6, 6.07) is 10.9. The van der Waals surface area contributed by atoms with Crippen molar-refractivity contribution in [3.8, 4) is 0 Å². The molecule has 0 amide bonds. The molecule has 0 saturated carbocycles. The van der Waals surface area contributed by atoms with Crippen molar-refractivity contribution in [1.29, 1.82) is 0 Å². The molecule has 0 bridgehead atoms. The van der Waals surface area contributed by atoms with Crippen LogP contribution in [0.1, 0.15) is 51.5 Å². The Morgan fingerprint density at radius 2 is 2.00 bits per heavy atom. The molecule has 92 valence electrons. The maximum atomic E-state index is 2.48. The molecule has 0 nitrogen and oxygen atoms in total. The lowest BCUT2D eigenvalue weighted by molar-refractivity contribution is 0.362. The Labute approximate surface area is 106 Å². The van der Waals surface area contributed by atoms with Gasteiger partial charge in [-0.15, -0.1) is 0 Å². The summed E-state index contributed by atoms with van der Waals surface area (Å²) < 4.78 is 0. The first-order valence-corrected chi connectivity index (χ1v) is 7.04. The second kappa shape index (κ2) is 6.05. The fourth-order valence-corrected chi connectivity index (χ4v) is 2.75. The average molecular weight is 228 g/mol. The predicted octanol–water partition coefficient (Wildman–Crippen LogP) is 5.31. The Bertz CT molecular complexity index is 361. The van der Waals surface area contributed by atoms with Crippen LogP contribution >= 0.6 is 0 Å². The molecule has 2 atom stereocenters. The summed E-state index contributed by atoms with van der Waals surface area (Å²) in [6.45, 7) is 4.69. The predicted molar refractivity (Wildman–Crippen MR) is 75.8 cm³/mol. The van der Waals surface area contributed by atoms with Gasteiger partial charge in [-0.25, -0.2) is 0 Å². The number of allylic oxidation sites excluding steroid dienone is 2. The smallest absolute Gasteiger partial charge is 0.0228 e. The van der Waals surface area contributed by atoms with E-state index in [0.29, 0.717) is 0 Å². The van der Waals surface area contributed by atoms with E-state index in [2.05, 4.69) is 50.3 Å². The summed E-state index contributed by atoms with van der Waals surface area (Å²) in [7, 11) is 0. The molecule has 0 N–H and O–H groups in total. The number of hydrogen-bond acceptors (Lipinski definition) is 0. The largest absolute Gasteiger partial charge is 0.0804 e. The molecule has 0 radical (unpaired) electrons. The zero-order valence-corrected chi connectivity index (χ0v) is 11.2. The maximum Gasteiger partial charge on any atom is -0.0228 e. The van der Waals surface area contributed by atoms with Gasteiger partial charge in [0.2, 0.25) is 0 Å². The van der Waals surface area contributed by atoms with Crippen molar-refractivity contribution in [3.05, 3.63) is 42.0 Å². The normalized spacial score (nSPS) is 22.0. The van der Waals surface area contributed by atoms with Crippen LogP contribution in [0.3, 0.4) is 0 Å². The summed E-state index contributed by atoms with van der Waals surface area (Å²) in [5, 5.41) is 0. The first kappa shape index (κ1) is 12.4. The fourth-order valence-electron chi connectivity index (χ4n) is 2.75. The lowest BCUT2D eigenvalue weighted by atomic mass is 9.81. The van der Waals surface area contributed by atoms with E-state index in [1.165, 1.54) is 37.7 Å². The van der Waals surface area contributed by atoms with Crippen LogP contribution in [0.25, 0.3) is 5.57 Å². The van der Waals surface area contributed by atoms with E-state index in [4.69, 9.17) is 0 Å². The molecular formula is C17H24. The third kappa shape index (κ3) is 3.46. The molecule has 0 aliphatic heterocycles. The highest BCUT2D eigenvalue weighted by atomic mass is 14.2. The van der Waals surface area contributed by atoms with Crippen molar-refractivity contribution in [2.45, 2.75) is 46.0 Å². The van der Waals surface area contributed by atoms with Crippen LogP contribution in [0.5, 0.6) is 0 Å². The summed E-state index contributed by atoms with van der Waals surface area (Å²) in [6.07, 6.45) is 9.15. The van der Waals surface area contributed by atoms with Crippen molar-refractivity contribution in [1.82, 2.24) is 0 Å². The van der Waals surface area contributed by atoms with E-state index in [9.17, 15) is 0 Å². The van der Waals surface area contributed by atoms with Gasteiger partial charge in [-0.2, -0.15) is 0 Å². The zero-order chi connectivity index (χ0) is 12.1. The first-order chi connectivity index (χ1) is 8.29. The van der Waals surface area contributed by atoms with Gasteiger partial charge < -0.3 is 0 Å². The monoisotopic (exact) mass is 228 g/mol. The average Bonchev–Trinajstić information content (AvgIpc) is 2.40. The van der Waals surface area contributed by atoms with Gasteiger partial charge in [-0.3, -0.25) is 0 Å². The Hall–Kier alpha value is -1.04. The minimum absolute atomic E-state index is 0.895. The van der Waals surface area contributed by atoms with Crippen LogP contribution in [0.2, 0.25) is 0 Å². The molecule has 1 aromatic carbocycles. The topological polar surface area (TPSA) is 0 Å². The molecule has 1 aliphatic rings. The van der Waals surface area contributed by atoms with Crippen molar-refractivity contribution < 1.29 is 0 Å². The Morgan fingerprint density at radius 3 is 2.59 bits per heavy atom. The summed E-state index contributed by atoms with van der Waals surface area (Å²) >= 11 is 0. The third-order valence-corrected chi connectivity index (χ3v) is 4.10. The van der Waals surface area contributed by atoms with Crippen LogP contribution in [-0.4, -0.2) is 0 Å². The second-order valence-electron chi connectivity index (χ2n) is 5.48. The molecule has 0 heteroatoms. The van der Waals surface area contributed by atoms with E-state index in [0.717, 1.165) is 11.8 Å². The van der Waals surface area contributed by atoms with E-state index >= 15 is 0 Å².